The lowest BCUT2D eigenvalue weighted by molar-refractivity contribution is -0.267. The van der Waals surface area contributed by atoms with Gasteiger partial charge < -0.3 is 10.4 Å². The van der Waals surface area contributed by atoms with Gasteiger partial charge in [0.2, 0.25) is 11.5 Å². The molecule has 0 aliphatic carbocycles. The van der Waals surface area contributed by atoms with E-state index in [2.05, 4.69) is 10.3 Å². The van der Waals surface area contributed by atoms with Gasteiger partial charge >= 0.3 is 6.18 Å². The summed E-state index contributed by atoms with van der Waals surface area (Å²) >= 11 is 0.690. The van der Waals surface area contributed by atoms with Gasteiger partial charge in [-0.3, -0.25) is 4.79 Å². The Balaban J connectivity index is 2.26. The molecule has 8 heteroatoms. The quantitative estimate of drug-likeness (QED) is 0.708. The maximum atomic E-state index is 13.6. The van der Waals surface area contributed by atoms with Crippen molar-refractivity contribution in [2.45, 2.75) is 58.4 Å². The fourth-order valence-corrected chi connectivity index (χ4v) is 3.78. The molecule has 0 radical (unpaired) electrons. The summed E-state index contributed by atoms with van der Waals surface area (Å²) in [5, 5.41) is 13.9. The summed E-state index contributed by atoms with van der Waals surface area (Å²) in [6.07, 6.45) is -5.64. The minimum absolute atomic E-state index is 0.166. The third-order valence-corrected chi connectivity index (χ3v) is 5.32. The first-order valence-corrected chi connectivity index (χ1v) is 9.76. The minimum Gasteiger partial charge on any atom is -0.374 e. The van der Waals surface area contributed by atoms with Gasteiger partial charge in [0.25, 0.3) is 0 Å². The van der Waals surface area contributed by atoms with Crippen molar-refractivity contribution in [1.29, 1.82) is 0 Å². The number of nitrogens with one attached hydrogen (secondary N) is 1. The molecule has 2 atom stereocenters. The third kappa shape index (κ3) is 5.54. The number of aromatic nitrogens is 1. The van der Waals surface area contributed by atoms with E-state index in [-0.39, 0.29) is 5.41 Å². The van der Waals surface area contributed by atoms with Gasteiger partial charge in [-0.25, -0.2) is 4.98 Å². The van der Waals surface area contributed by atoms with Crippen molar-refractivity contribution in [3.8, 4) is 0 Å². The van der Waals surface area contributed by atoms with Crippen LogP contribution in [0.2, 0.25) is 0 Å². The van der Waals surface area contributed by atoms with Gasteiger partial charge in [-0.2, -0.15) is 13.2 Å². The number of thiazole rings is 1. The molecule has 0 aliphatic rings. The fourth-order valence-electron chi connectivity index (χ4n) is 2.87. The van der Waals surface area contributed by atoms with Crippen LogP contribution in [0.25, 0.3) is 0 Å². The Morgan fingerprint density at radius 1 is 1.21 bits per heavy atom. The van der Waals surface area contributed by atoms with Crippen molar-refractivity contribution < 1.29 is 23.1 Å². The second kappa shape index (κ2) is 8.21. The molecule has 0 spiro atoms. The average Bonchev–Trinajstić information content (AvgIpc) is 2.99. The summed E-state index contributed by atoms with van der Waals surface area (Å²) in [5.41, 5.74) is -2.33. The van der Waals surface area contributed by atoms with Gasteiger partial charge in [-0.1, -0.05) is 51.1 Å². The van der Waals surface area contributed by atoms with E-state index in [4.69, 9.17) is 0 Å². The van der Waals surface area contributed by atoms with Crippen LogP contribution in [0.5, 0.6) is 0 Å². The van der Waals surface area contributed by atoms with Crippen LogP contribution < -0.4 is 5.32 Å². The van der Waals surface area contributed by atoms with Crippen molar-refractivity contribution >= 4 is 17.2 Å². The molecular formula is C20H25F3N2O2S. The van der Waals surface area contributed by atoms with Crippen molar-refractivity contribution in [2.75, 3.05) is 0 Å². The molecule has 28 heavy (non-hydrogen) atoms. The lowest BCUT2D eigenvalue weighted by Gasteiger charge is -2.31. The molecule has 0 bridgehead atoms. The molecule has 1 aromatic heterocycles. The van der Waals surface area contributed by atoms with Crippen molar-refractivity contribution in [3.05, 3.63) is 52.0 Å². The van der Waals surface area contributed by atoms with E-state index < -0.39 is 35.2 Å². The van der Waals surface area contributed by atoms with Crippen LogP contribution in [0.4, 0.5) is 13.2 Å². The van der Waals surface area contributed by atoms with Crippen LogP contribution >= 0.6 is 11.3 Å². The molecule has 0 aliphatic heterocycles. The van der Waals surface area contributed by atoms with Gasteiger partial charge in [0.05, 0.1) is 12.5 Å². The summed E-state index contributed by atoms with van der Waals surface area (Å²) in [6, 6.07) is 8.60. The molecule has 2 unspecified atom stereocenters. The molecule has 154 valence electrons. The molecule has 2 aromatic rings. The van der Waals surface area contributed by atoms with Crippen LogP contribution in [-0.2, 0) is 10.4 Å². The van der Waals surface area contributed by atoms with E-state index in [1.807, 2.05) is 51.1 Å². The third-order valence-electron chi connectivity index (χ3n) is 4.21. The minimum atomic E-state index is -5.03. The number of rotatable bonds is 6. The van der Waals surface area contributed by atoms with Crippen LogP contribution in [0.3, 0.4) is 0 Å². The first-order valence-electron chi connectivity index (χ1n) is 8.88. The molecule has 0 saturated carbocycles. The number of halogens is 3. The number of carbonyl (C=O) groups is 1. The zero-order chi connectivity index (χ0) is 21.2. The summed E-state index contributed by atoms with van der Waals surface area (Å²) < 4.78 is 40.9. The Morgan fingerprint density at radius 3 is 2.29 bits per heavy atom. The van der Waals surface area contributed by atoms with E-state index in [0.717, 1.165) is 5.56 Å². The zero-order valence-corrected chi connectivity index (χ0v) is 17.1. The predicted octanol–water partition coefficient (Wildman–Crippen LogP) is 4.89. The lowest BCUT2D eigenvalue weighted by atomic mass is 9.85. The Kier molecular flexibility index (Phi) is 6.55. The number of aliphatic hydroxyl groups is 1. The molecule has 1 amide bonds. The normalized spacial score (nSPS) is 15.7. The molecule has 2 rings (SSSR count). The number of alkyl halides is 3. The van der Waals surface area contributed by atoms with Gasteiger partial charge in [0.15, 0.2) is 0 Å². The Morgan fingerprint density at radius 2 is 1.82 bits per heavy atom. The summed E-state index contributed by atoms with van der Waals surface area (Å²) in [5.74, 6) is -0.884. The first kappa shape index (κ1) is 22.4. The number of hydrogen-bond acceptors (Lipinski definition) is 4. The smallest absolute Gasteiger partial charge is 0.374 e. The lowest BCUT2D eigenvalue weighted by Crippen LogP contribution is -2.46. The standard InChI is InChI=1S/C20H25F3N2O2S/c1-13-12-28-17(24-13)19(27,20(21,22)23)11-16(26)25-15(10-18(2,3)4)14-8-6-5-7-9-14/h5-9,12,15,27H,10-11H2,1-4H3,(H,25,26). The Bertz CT molecular complexity index is 800. The predicted molar refractivity (Wildman–Crippen MR) is 103 cm³/mol. The Hall–Kier alpha value is -1.93. The molecule has 2 N–H and O–H groups in total. The fraction of sp³-hybridized carbons (Fsp3) is 0.500. The van der Waals surface area contributed by atoms with Crippen LogP contribution in [0, 0.1) is 12.3 Å². The highest BCUT2D eigenvalue weighted by molar-refractivity contribution is 7.09. The maximum Gasteiger partial charge on any atom is 0.424 e. The highest BCUT2D eigenvalue weighted by Crippen LogP contribution is 2.43. The van der Waals surface area contributed by atoms with Crippen LogP contribution in [0.15, 0.2) is 35.7 Å². The first-order chi connectivity index (χ1) is 12.8. The SMILES string of the molecule is Cc1csc(C(O)(CC(=O)NC(CC(C)(C)C)c2ccccc2)C(F)(F)F)n1. The van der Waals surface area contributed by atoms with Crippen molar-refractivity contribution in [2.24, 2.45) is 5.41 Å². The van der Waals surface area contributed by atoms with E-state index in [1.54, 1.807) is 0 Å². The molecular weight excluding hydrogens is 389 g/mol. The summed E-state index contributed by atoms with van der Waals surface area (Å²) in [4.78, 5) is 16.3. The van der Waals surface area contributed by atoms with Gasteiger partial charge in [-0.05, 0) is 24.3 Å². The average molecular weight is 414 g/mol. The van der Waals surface area contributed by atoms with E-state index in [9.17, 15) is 23.1 Å². The number of amides is 1. The molecule has 0 fully saturated rings. The molecule has 1 aromatic carbocycles. The summed E-state index contributed by atoms with van der Waals surface area (Å²) in [7, 11) is 0. The number of carbonyl (C=O) groups excluding carboxylic acids is 1. The van der Waals surface area contributed by atoms with Gasteiger partial charge in [0.1, 0.15) is 5.01 Å². The molecule has 1 heterocycles. The summed E-state index contributed by atoms with van der Waals surface area (Å²) in [6.45, 7) is 7.49. The van der Waals surface area contributed by atoms with E-state index >= 15 is 0 Å². The number of nitrogens with zero attached hydrogens (tertiary/aromatic N) is 1. The molecule has 4 nitrogen and oxygen atoms in total. The Labute approximate surface area is 166 Å². The number of benzene rings is 1. The maximum absolute atomic E-state index is 13.6. The highest BCUT2D eigenvalue weighted by Gasteiger charge is 2.58. The molecule has 0 saturated heterocycles. The van der Waals surface area contributed by atoms with Crippen molar-refractivity contribution in [3.63, 3.8) is 0 Å². The van der Waals surface area contributed by atoms with Crippen LogP contribution in [-0.4, -0.2) is 22.2 Å². The van der Waals surface area contributed by atoms with E-state index in [1.165, 1.54) is 12.3 Å². The number of aryl methyl sites for hydroxylation is 1. The number of hydrogen-bond donors (Lipinski definition) is 2. The zero-order valence-electron chi connectivity index (χ0n) is 16.3. The van der Waals surface area contributed by atoms with Crippen molar-refractivity contribution in [1.82, 2.24) is 10.3 Å². The largest absolute Gasteiger partial charge is 0.424 e. The van der Waals surface area contributed by atoms with E-state index in [0.29, 0.717) is 23.5 Å². The highest BCUT2D eigenvalue weighted by atomic mass is 32.1. The van der Waals surface area contributed by atoms with Crippen LogP contribution in [0.1, 0.15) is 55.9 Å². The monoisotopic (exact) mass is 414 g/mol. The second-order valence-corrected chi connectivity index (χ2v) is 8.98. The topological polar surface area (TPSA) is 62.2 Å². The second-order valence-electron chi connectivity index (χ2n) is 8.12. The van der Waals surface area contributed by atoms with Gasteiger partial charge in [-0.15, -0.1) is 11.3 Å². The van der Waals surface area contributed by atoms with Gasteiger partial charge in [0, 0.05) is 11.1 Å².